The number of carbonyl (C=O) groups is 1. The standard InChI is InChI=1S/C30H36FN3O/c1-5-34(30(35)27(32)18-24-20(3)13-19(2)14-21(24)4)28-11-12-33-29-25(28)16-23(17-26(29)31)15-22-9-7-6-8-10-22/h6-10,13-14,16-17,27-28,33H,5,11-12,15,18,32H2,1-4H3. The van der Waals surface area contributed by atoms with E-state index in [1.54, 1.807) is 6.07 Å². The molecule has 2 unspecified atom stereocenters. The third kappa shape index (κ3) is 5.40. The minimum absolute atomic E-state index is 0.0846. The van der Waals surface area contributed by atoms with Crippen molar-refractivity contribution in [3.8, 4) is 0 Å². The van der Waals surface area contributed by atoms with Gasteiger partial charge in [-0.05, 0) is 80.8 Å². The molecule has 2 atom stereocenters. The Hall–Kier alpha value is -3.18. The number of amides is 1. The van der Waals surface area contributed by atoms with Crippen molar-refractivity contribution < 1.29 is 9.18 Å². The molecule has 184 valence electrons. The Morgan fingerprint density at radius 2 is 1.77 bits per heavy atom. The number of nitrogens with two attached hydrogens (primary N) is 1. The highest BCUT2D eigenvalue weighted by molar-refractivity contribution is 5.83. The van der Waals surface area contributed by atoms with Gasteiger partial charge in [-0.2, -0.15) is 0 Å². The van der Waals surface area contributed by atoms with Crippen LogP contribution in [0.15, 0.2) is 54.6 Å². The molecule has 35 heavy (non-hydrogen) atoms. The first-order valence-electron chi connectivity index (χ1n) is 12.5. The minimum atomic E-state index is -0.647. The van der Waals surface area contributed by atoms with Crippen molar-refractivity contribution in [3.05, 3.63) is 99.4 Å². The predicted molar refractivity (Wildman–Crippen MR) is 141 cm³/mol. The number of aryl methyl sites for hydroxylation is 3. The quantitative estimate of drug-likeness (QED) is 0.468. The third-order valence-corrected chi connectivity index (χ3v) is 7.09. The average molecular weight is 474 g/mol. The summed E-state index contributed by atoms with van der Waals surface area (Å²) in [4.78, 5) is 15.5. The molecule has 0 spiro atoms. The summed E-state index contributed by atoms with van der Waals surface area (Å²) in [5.74, 6) is -0.351. The second kappa shape index (κ2) is 10.6. The van der Waals surface area contributed by atoms with Crippen LogP contribution in [-0.2, 0) is 17.6 Å². The van der Waals surface area contributed by atoms with E-state index in [-0.39, 0.29) is 17.8 Å². The maximum Gasteiger partial charge on any atom is 0.240 e. The van der Waals surface area contributed by atoms with Crippen LogP contribution in [0.4, 0.5) is 10.1 Å². The Labute approximate surface area is 208 Å². The molecule has 1 aliphatic heterocycles. The van der Waals surface area contributed by atoms with Gasteiger partial charge in [-0.25, -0.2) is 4.39 Å². The van der Waals surface area contributed by atoms with E-state index in [1.165, 1.54) is 5.56 Å². The van der Waals surface area contributed by atoms with Crippen LogP contribution in [0.25, 0.3) is 0 Å². The molecule has 4 nitrogen and oxygen atoms in total. The second-order valence-electron chi connectivity index (χ2n) is 9.75. The van der Waals surface area contributed by atoms with Gasteiger partial charge in [0.25, 0.3) is 0 Å². The number of rotatable bonds is 7. The van der Waals surface area contributed by atoms with Gasteiger partial charge in [0.2, 0.25) is 5.91 Å². The maximum atomic E-state index is 15.2. The van der Waals surface area contributed by atoms with E-state index >= 15 is 4.39 Å². The van der Waals surface area contributed by atoms with E-state index in [2.05, 4.69) is 44.3 Å². The Bertz CT molecular complexity index is 1180. The number of hydrogen-bond donors (Lipinski definition) is 2. The zero-order valence-corrected chi connectivity index (χ0v) is 21.2. The van der Waals surface area contributed by atoms with Crippen LogP contribution in [0.5, 0.6) is 0 Å². The first-order chi connectivity index (χ1) is 16.8. The van der Waals surface area contributed by atoms with Crippen molar-refractivity contribution in [3.63, 3.8) is 0 Å². The average Bonchev–Trinajstić information content (AvgIpc) is 2.82. The fraction of sp³-hybridized carbons (Fsp3) is 0.367. The number of fused-ring (bicyclic) bond motifs is 1. The van der Waals surface area contributed by atoms with Crippen LogP contribution in [0, 0.1) is 26.6 Å². The number of nitrogens with zero attached hydrogens (tertiary/aromatic N) is 1. The van der Waals surface area contributed by atoms with Gasteiger partial charge < -0.3 is 16.0 Å². The van der Waals surface area contributed by atoms with E-state index in [0.29, 0.717) is 31.6 Å². The van der Waals surface area contributed by atoms with Crippen molar-refractivity contribution in [2.75, 3.05) is 18.4 Å². The minimum Gasteiger partial charge on any atom is -0.382 e. The lowest BCUT2D eigenvalue weighted by molar-refractivity contribution is -0.135. The number of nitrogens with one attached hydrogen (secondary N) is 1. The van der Waals surface area contributed by atoms with Crippen molar-refractivity contribution in [2.45, 2.75) is 59.0 Å². The highest BCUT2D eigenvalue weighted by atomic mass is 19.1. The number of anilines is 1. The van der Waals surface area contributed by atoms with Gasteiger partial charge in [-0.3, -0.25) is 4.79 Å². The molecule has 0 fully saturated rings. The number of hydrogen-bond acceptors (Lipinski definition) is 3. The van der Waals surface area contributed by atoms with Gasteiger partial charge in [0.05, 0.1) is 17.8 Å². The maximum absolute atomic E-state index is 15.2. The highest BCUT2D eigenvalue weighted by Gasteiger charge is 2.33. The lowest BCUT2D eigenvalue weighted by atomic mass is 9.91. The monoisotopic (exact) mass is 473 g/mol. The van der Waals surface area contributed by atoms with E-state index in [1.807, 2.05) is 42.2 Å². The topological polar surface area (TPSA) is 58.4 Å². The Morgan fingerprint density at radius 3 is 2.43 bits per heavy atom. The lowest BCUT2D eigenvalue weighted by Gasteiger charge is -2.37. The summed E-state index contributed by atoms with van der Waals surface area (Å²) >= 11 is 0. The molecule has 0 saturated heterocycles. The van der Waals surface area contributed by atoms with Crippen LogP contribution in [0.2, 0.25) is 0 Å². The summed E-state index contributed by atoms with van der Waals surface area (Å²) in [7, 11) is 0. The van der Waals surface area contributed by atoms with Gasteiger partial charge in [0, 0.05) is 18.7 Å². The van der Waals surface area contributed by atoms with E-state index in [0.717, 1.165) is 39.8 Å². The molecular weight excluding hydrogens is 437 g/mol. The molecule has 0 radical (unpaired) electrons. The fourth-order valence-electron chi connectivity index (χ4n) is 5.46. The fourth-order valence-corrected chi connectivity index (χ4v) is 5.46. The lowest BCUT2D eigenvalue weighted by Crippen LogP contribution is -2.47. The molecule has 0 bridgehead atoms. The first-order valence-corrected chi connectivity index (χ1v) is 12.5. The molecule has 5 heteroatoms. The second-order valence-corrected chi connectivity index (χ2v) is 9.75. The summed E-state index contributed by atoms with van der Waals surface area (Å²) in [6.07, 6.45) is 1.85. The van der Waals surface area contributed by atoms with E-state index in [4.69, 9.17) is 5.73 Å². The normalized spacial score (nSPS) is 15.8. The van der Waals surface area contributed by atoms with Crippen LogP contribution in [0.3, 0.4) is 0 Å². The van der Waals surface area contributed by atoms with Gasteiger partial charge in [-0.1, -0.05) is 54.1 Å². The van der Waals surface area contributed by atoms with Gasteiger partial charge in [0.1, 0.15) is 5.82 Å². The molecule has 3 aromatic rings. The molecule has 4 rings (SSSR count). The van der Waals surface area contributed by atoms with Gasteiger partial charge in [0.15, 0.2) is 0 Å². The van der Waals surface area contributed by atoms with E-state index < -0.39 is 6.04 Å². The van der Waals surface area contributed by atoms with Crippen molar-refractivity contribution in [1.82, 2.24) is 4.90 Å². The summed E-state index contributed by atoms with van der Waals surface area (Å²) in [6, 6.07) is 17.1. The molecule has 0 aliphatic carbocycles. The van der Waals surface area contributed by atoms with Crippen LogP contribution < -0.4 is 11.1 Å². The Kier molecular flexibility index (Phi) is 7.56. The van der Waals surface area contributed by atoms with Crippen molar-refractivity contribution in [1.29, 1.82) is 0 Å². The predicted octanol–water partition coefficient (Wildman–Crippen LogP) is 5.62. The first kappa shape index (κ1) is 24.9. The summed E-state index contributed by atoms with van der Waals surface area (Å²) in [6.45, 7) is 9.33. The van der Waals surface area contributed by atoms with Crippen LogP contribution in [-0.4, -0.2) is 29.9 Å². The molecule has 0 saturated carbocycles. The molecule has 1 heterocycles. The number of benzene rings is 3. The molecule has 1 amide bonds. The number of carbonyl (C=O) groups excluding carboxylic acids is 1. The van der Waals surface area contributed by atoms with Crippen LogP contribution >= 0.6 is 0 Å². The highest BCUT2D eigenvalue weighted by Crippen LogP contribution is 2.37. The largest absolute Gasteiger partial charge is 0.382 e. The van der Waals surface area contributed by atoms with Crippen LogP contribution in [0.1, 0.15) is 58.3 Å². The number of likely N-dealkylation sites (N-methyl/N-ethyl adjacent to an activating group) is 1. The molecule has 1 aliphatic rings. The summed E-state index contributed by atoms with van der Waals surface area (Å²) in [5, 5.41) is 3.21. The SMILES string of the molecule is CCN(C(=O)C(N)Cc1c(C)cc(C)cc1C)C1CCNc2c(F)cc(Cc3ccccc3)cc21. The van der Waals surface area contributed by atoms with Crippen molar-refractivity contribution >= 4 is 11.6 Å². The van der Waals surface area contributed by atoms with Gasteiger partial charge >= 0.3 is 0 Å². The van der Waals surface area contributed by atoms with E-state index in [9.17, 15) is 4.79 Å². The zero-order valence-electron chi connectivity index (χ0n) is 21.2. The molecule has 0 aromatic heterocycles. The Balaban J connectivity index is 1.61. The smallest absolute Gasteiger partial charge is 0.240 e. The third-order valence-electron chi connectivity index (χ3n) is 7.09. The Morgan fingerprint density at radius 1 is 1.09 bits per heavy atom. The molecule has 3 aromatic carbocycles. The summed E-state index contributed by atoms with van der Waals surface area (Å²) in [5.41, 5.74) is 14.5. The number of halogens is 1. The molecule has 3 N–H and O–H groups in total. The summed E-state index contributed by atoms with van der Waals surface area (Å²) < 4.78 is 15.2. The molecular formula is C30H36FN3O. The zero-order chi connectivity index (χ0) is 25.1. The van der Waals surface area contributed by atoms with Crippen molar-refractivity contribution in [2.24, 2.45) is 5.73 Å². The van der Waals surface area contributed by atoms with Gasteiger partial charge in [-0.15, -0.1) is 0 Å².